The minimum atomic E-state index is -0.776. The van der Waals surface area contributed by atoms with Gasteiger partial charge in [0, 0.05) is 19.3 Å². The lowest BCUT2D eigenvalue weighted by atomic mass is 10.0. The summed E-state index contributed by atoms with van der Waals surface area (Å²) in [7, 11) is 0. The molecule has 0 saturated heterocycles. The molecule has 0 N–H and O–H groups in total. The second-order valence-electron chi connectivity index (χ2n) is 20.6. The molecule has 0 heterocycles. The summed E-state index contributed by atoms with van der Waals surface area (Å²) >= 11 is 0. The first-order valence-electron chi connectivity index (χ1n) is 30.9. The van der Waals surface area contributed by atoms with E-state index in [-0.39, 0.29) is 31.1 Å². The third kappa shape index (κ3) is 57.7. The Bertz CT molecular complexity index is 1340. The molecule has 1 unspecified atom stereocenters. The van der Waals surface area contributed by atoms with E-state index in [1.54, 1.807) is 0 Å². The molecule has 0 aromatic rings. The van der Waals surface area contributed by atoms with Crippen molar-refractivity contribution < 1.29 is 28.6 Å². The largest absolute Gasteiger partial charge is 0.462 e. The summed E-state index contributed by atoms with van der Waals surface area (Å²) in [5, 5.41) is 0. The molecular weight excluding hydrogens is 889 g/mol. The zero-order valence-electron chi connectivity index (χ0n) is 47.7. The zero-order chi connectivity index (χ0) is 52.2. The predicted molar refractivity (Wildman–Crippen MR) is 311 cm³/mol. The van der Waals surface area contributed by atoms with Gasteiger partial charge in [0.1, 0.15) is 13.2 Å². The van der Waals surface area contributed by atoms with Gasteiger partial charge in [-0.25, -0.2) is 0 Å². The van der Waals surface area contributed by atoms with Crippen LogP contribution >= 0.6 is 0 Å². The molecule has 0 amide bonds. The van der Waals surface area contributed by atoms with Gasteiger partial charge in [-0.3, -0.25) is 14.4 Å². The molecule has 0 fully saturated rings. The van der Waals surface area contributed by atoms with E-state index in [4.69, 9.17) is 14.2 Å². The fourth-order valence-corrected chi connectivity index (χ4v) is 8.82. The summed E-state index contributed by atoms with van der Waals surface area (Å²) < 4.78 is 16.9. The molecule has 0 rings (SSSR count). The molecule has 0 saturated carbocycles. The number of hydrogen-bond acceptors (Lipinski definition) is 6. The third-order valence-electron chi connectivity index (χ3n) is 13.4. The van der Waals surface area contributed by atoms with Crippen molar-refractivity contribution in [3.05, 3.63) is 72.9 Å². The average molecular weight is 1010 g/mol. The Kier molecular flexibility index (Phi) is 57.8. The normalized spacial score (nSPS) is 12.5. The molecule has 0 aromatic carbocycles. The van der Waals surface area contributed by atoms with Crippen LogP contribution in [-0.2, 0) is 28.6 Å². The van der Waals surface area contributed by atoms with Crippen LogP contribution in [0.15, 0.2) is 72.9 Å². The number of esters is 3. The van der Waals surface area contributed by atoms with Crippen molar-refractivity contribution in [2.45, 2.75) is 316 Å². The number of unbranched alkanes of at least 4 members (excludes halogenated alkanes) is 33. The number of hydrogen-bond donors (Lipinski definition) is 0. The van der Waals surface area contributed by atoms with Crippen LogP contribution in [0.1, 0.15) is 310 Å². The van der Waals surface area contributed by atoms with Gasteiger partial charge in [0.15, 0.2) is 6.10 Å². The second-order valence-corrected chi connectivity index (χ2v) is 20.6. The van der Waals surface area contributed by atoms with E-state index in [0.29, 0.717) is 19.3 Å². The van der Waals surface area contributed by atoms with Crippen molar-refractivity contribution in [2.24, 2.45) is 0 Å². The molecule has 0 aromatic heterocycles. The Labute approximate surface area is 446 Å². The van der Waals surface area contributed by atoms with E-state index in [1.165, 1.54) is 180 Å². The van der Waals surface area contributed by atoms with Gasteiger partial charge in [-0.1, -0.05) is 273 Å². The molecule has 0 aliphatic carbocycles. The Morgan fingerprint density at radius 3 is 0.861 bits per heavy atom. The van der Waals surface area contributed by atoms with Crippen LogP contribution in [0.25, 0.3) is 0 Å². The van der Waals surface area contributed by atoms with E-state index in [1.807, 2.05) is 0 Å². The monoisotopic (exact) mass is 1000 g/mol. The summed E-state index contributed by atoms with van der Waals surface area (Å²) in [6.45, 7) is 6.53. The van der Waals surface area contributed by atoms with Crippen molar-refractivity contribution in [2.75, 3.05) is 13.2 Å². The highest BCUT2D eigenvalue weighted by Gasteiger charge is 2.19. The van der Waals surface area contributed by atoms with Crippen molar-refractivity contribution in [1.82, 2.24) is 0 Å². The quantitative estimate of drug-likeness (QED) is 0.0261. The first-order chi connectivity index (χ1) is 35.5. The van der Waals surface area contributed by atoms with Gasteiger partial charge in [0.2, 0.25) is 0 Å². The topological polar surface area (TPSA) is 78.9 Å². The SMILES string of the molecule is CC/C=C\C/C=C\C/C=C\C/C=C\C/C=C\CCCCCCCCCCCCCC(=O)OCC(COC(=O)CCCCCCCCCCC)OC(=O)CCCCCCCCC/C=C\CCCCCCCCC. The average Bonchev–Trinajstić information content (AvgIpc) is 3.38. The maximum atomic E-state index is 12.9. The highest BCUT2D eigenvalue weighted by molar-refractivity contribution is 5.71. The number of carbonyl (C=O) groups excluding carboxylic acids is 3. The Morgan fingerprint density at radius 2 is 0.542 bits per heavy atom. The molecular formula is C66H116O6. The standard InChI is InChI=1S/C66H116O6/c1-4-7-10-13-16-19-21-23-25-27-29-30-31-32-33-34-35-36-37-39-40-42-44-47-50-53-56-59-65(68)71-62-63(61-70-64(67)58-55-52-49-46-18-15-12-9-6-3)72-66(69)60-57-54-51-48-45-43-41-38-28-26-24-22-20-17-14-11-8-5-2/h7,10,16,19,23,25-26,28-30,32-33,63H,4-6,8-9,11-15,17-18,20-22,24,27,31,34-62H2,1-3H3/b10-7-,19-16-,25-23-,28-26-,30-29-,33-32-. The third-order valence-corrected chi connectivity index (χ3v) is 13.4. The first-order valence-corrected chi connectivity index (χ1v) is 30.9. The van der Waals surface area contributed by atoms with Gasteiger partial charge in [0.25, 0.3) is 0 Å². The minimum absolute atomic E-state index is 0.0747. The molecule has 0 radical (unpaired) electrons. The predicted octanol–water partition coefficient (Wildman–Crippen LogP) is 20.9. The van der Waals surface area contributed by atoms with Crippen LogP contribution in [0.2, 0.25) is 0 Å². The van der Waals surface area contributed by atoms with Gasteiger partial charge >= 0.3 is 17.9 Å². The lowest BCUT2D eigenvalue weighted by Crippen LogP contribution is -2.30. The number of carbonyl (C=O) groups is 3. The lowest BCUT2D eigenvalue weighted by Gasteiger charge is -2.18. The van der Waals surface area contributed by atoms with Crippen molar-refractivity contribution in [1.29, 1.82) is 0 Å². The molecule has 72 heavy (non-hydrogen) atoms. The molecule has 0 spiro atoms. The molecule has 6 heteroatoms. The van der Waals surface area contributed by atoms with Crippen LogP contribution in [0.5, 0.6) is 0 Å². The van der Waals surface area contributed by atoms with Gasteiger partial charge in [0.05, 0.1) is 0 Å². The summed E-state index contributed by atoms with van der Waals surface area (Å²) in [5.41, 5.74) is 0. The van der Waals surface area contributed by atoms with Crippen LogP contribution in [0.3, 0.4) is 0 Å². The van der Waals surface area contributed by atoms with Crippen molar-refractivity contribution >= 4 is 17.9 Å². The van der Waals surface area contributed by atoms with Gasteiger partial charge < -0.3 is 14.2 Å². The summed E-state index contributed by atoms with van der Waals surface area (Å²) in [6.07, 6.45) is 77.7. The number of ether oxygens (including phenoxy) is 3. The molecule has 0 bridgehead atoms. The zero-order valence-corrected chi connectivity index (χ0v) is 47.7. The van der Waals surface area contributed by atoms with E-state index in [9.17, 15) is 14.4 Å². The Morgan fingerprint density at radius 1 is 0.292 bits per heavy atom. The summed E-state index contributed by atoms with van der Waals surface area (Å²) in [4.78, 5) is 38.1. The fraction of sp³-hybridized carbons (Fsp3) is 0.773. The van der Waals surface area contributed by atoms with Crippen LogP contribution in [0.4, 0.5) is 0 Å². The number of allylic oxidation sites excluding steroid dienone is 12. The highest BCUT2D eigenvalue weighted by Crippen LogP contribution is 2.16. The fourth-order valence-electron chi connectivity index (χ4n) is 8.82. The van der Waals surface area contributed by atoms with E-state index in [2.05, 4.69) is 93.7 Å². The van der Waals surface area contributed by atoms with Gasteiger partial charge in [-0.05, 0) is 89.9 Å². The van der Waals surface area contributed by atoms with Crippen LogP contribution in [0, 0.1) is 0 Å². The number of rotatable bonds is 56. The highest BCUT2D eigenvalue weighted by atomic mass is 16.6. The minimum Gasteiger partial charge on any atom is -0.462 e. The molecule has 0 aliphatic rings. The maximum absolute atomic E-state index is 12.9. The molecule has 0 aliphatic heterocycles. The summed E-state index contributed by atoms with van der Waals surface area (Å²) in [6, 6.07) is 0. The van der Waals surface area contributed by atoms with E-state index < -0.39 is 6.10 Å². The lowest BCUT2D eigenvalue weighted by molar-refractivity contribution is -0.167. The molecule has 416 valence electrons. The van der Waals surface area contributed by atoms with Crippen molar-refractivity contribution in [3.8, 4) is 0 Å². The maximum Gasteiger partial charge on any atom is 0.306 e. The van der Waals surface area contributed by atoms with E-state index >= 15 is 0 Å². The smallest absolute Gasteiger partial charge is 0.306 e. The van der Waals surface area contributed by atoms with E-state index in [0.717, 1.165) is 89.9 Å². The first kappa shape index (κ1) is 68.8. The van der Waals surface area contributed by atoms with Gasteiger partial charge in [-0.2, -0.15) is 0 Å². The molecule has 1 atom stereocenters. The van der Waals surface area contributed by atoms with Crippen LogP contribution < -0.4 is 0 Å². The summed E-state index contributed by atoms with van der Waals surface area (Å²) in [5.74, 6) is -0.873. The van der Waals surface area contributed by atoms with Crippen LogP contribution in [-0.4, -0.2) is 37.2 Å². The Hall–Kier alpha value is -3.15. The van der Waals surface area contributed by atoms with Gasteiger partial charge in [-0.15, -0.1) is 0 Å². The molecule has 6 nitrogen and oxygen atoms in total. The van der Waals surface area contributed by atoms with Crippen molar-refractivity contribution in [3.63, 3.8) is 0 Å². The Balaban J connectivity index is 4.20. The second kappa shape index (κ2) is 60.4.